The minimum Gasteiger partial charge on any atom is -0.388 e. The third kappa shape index (κ3) is 4.04. The molecule has 0 radical (unpaired) electrons. The van der Waals surface area contributed by atoms with E-state index in [-0.39, 0.29) is 12.8 Å². The normalized spacial score (nSPS) is 13.2. The van der Waals surface area contributed by atoms with Crippen LogP contribution in [0.3, 0.4) is 0 Å². The summed E-state index contributed by atoms with van der Waals surface area (Å²) >= 11 is 0. The molecule has 0 heterocycles. The molecule has 2 aromatic carbocycles. The molecule has 5 heteroatoms. The summed E-state index contributed by atoms with van der Waals surface area (Å²) in [5, 5.41) is 9.97. The van der Waals surface area contributed by atoms with Gasteiger partial charge in [-0.1, -0.05) is 36.4 Å². The molecular formula is C16H14F4O. The van der Waals surface area contributed by atoms with Crippen molar-refractivity contribution >= 4 is 0 Å². The van der Waals surface area contributed by atoms with Crippen LogP contribution in [0.5, 0.6) is 0 Å². The Bertz CT molecular complexity index is 593. The Morgan fingerprint density at radius 1 is 1.00 bits per heavy atom. The minimum absolute atomic E-state index is 0.236. The first-order valence-corrected chi connectivity index (χ1v) is 6.46. The maximum atomic E-state index is 13.2. The molecule has 1 N–H and O–H groups in total. The largest absolute Gasteiger partial charge is 0.419 e. The summed E-state index contributed by atoms with van der Waals surface area (Å²) in [5.74, 6) is -1.28. The lowest BCUT2D eigenvalue weighted by molar-refractivity contribution is -0.140. The molecule has 112 valence electrons. The molecule has 21 heavy (non-hydrogen) atoms. The number of aliphatic hydroxyl groups excluding tert-OH is 1. The van der Waals surface area contributed by atoms with E-state index in [9.17, 15) is 22.7 Å². The topological polar surface area (TPSA) is 20.2 Å². The van der Waals surface area contributed by atoms with Gasteiger partial charge in [-0.05, 0) is 36.1 Å². The van der Waals surface area contributed by atoms with E-state index >= 15 is 0 Å². The van der Waals surface area contributed by atoms with Crippen molar-refractivity contribution < 1.29 is 22.7 Å². The smallest absolute Gasteiger partial charge is 0.388 e. The first-order chi connectivity index (χ1) is 9.88. The van der Waals surface area contributed by atoms with Gasteiger partial charge in [-0.15, -0.1) is 0 Å². The van der Waals surface area contributed by atoms with Gasteiger partial charge in [0.05, 0.1) is 11.7 Å². The van der Waals surface area contributed by atoms with Crippen molar-refractivity contribution in [1.29, 1.82) is 0 Å². The summed E-state index contributed by atoms with van der Waals surface area (Å²) in [4.78, 5) is 0. The standard InChI is InChI=1S/C16H14F4O/c17-14-8-6-11(10-13(14)16(18,19)20)7-9-15(21)12-4-2-1-3-5-12/h1-6,8,10,15,21H,7,9H2. The van der Waals surface area contributed by atoms with Gasteiger partial charge in [0.2, 0.25) is 0 Å². The molecule has 0 amide bonds. The summed E-state index contributed by atoms with van der Waals surface area (Å²) in [6.45, 7) is 0. The van der Waals surface area contributed by atoms with Gasteiger partial charge < -0.3 is 5.11 Å². The van der Waals surface area contributed by atoms with Gasteiger partial charge in [-0.2, -0.15) is 13.2 Å². The third-order valence-corrected chi connectivity index (χ3v) is 3.23. The number of benzene rings is 2. The van der Waals surface area contributed by atoms with E-state index in [0.717, 1.165) is 12.1 Å². The summed E-state index contributed by atoms with van der Waals surface area (Å²) in [5.41, 5.74) is -0.219. The molecule has 0 aliphatic heterocycles. The molecule has 0 aliphatic rings. The molecule has 2 rings (SSSR count). The Labute approximate surface area is 119 Å². The van der Waals surface area contributed by atoms with Gasteiger partial charge in [0.1, 0.15) is 5.82 Å². The van der Waals surface area contributed by atoms with E-state index < -0.39 is 23.7 Å². The minimum atomic E-state index is -4.71. The average Bonchev–Trinajstić information content (AvgIpc) is 2.45. The highest BCUT2D eigenvalue weighted by molar-refractivity contribution is 5.28. The van der Waals surface area contributed by atoms with Crippen molar-refractivity contribution in [1.82, 2.24) is 0 Å². The van der Waals surface area contributed by atoms with Crippen LogP contribution in [0, 0.1) is 5.82 Å². The summed E-state index contributed by atoms with van der Waals surface area (Å²) < 4.78 is 51.0. The summed E-state index contributed by atoms with van der Waals surface area (Å²) in [7, 11) is 0. The van der Waals surface area contributed by atoms with Crippen molar-refractivity contribution in [3.05, 3.63) is 71.0 Å². The number of halogens is 4. The highest BCUT2D eigenvalue weighted by atomic mass is 19.4. The molecule has 0 fully saturated rings. The zero-order valence-electron chi connectivity index (χ0n) is 11.1. The fourth-order valence-corrected chi connectivity index (χ4v) is 2.09. The average molecular weight is 298 g/mol. The van der Waals surface area contributed by atoms with Crippen LogP contribution >= 0.6 is 0 Å². The molecule has 0 spiro atoms. The van der Waals surface area contributed by atoms with Crippen LogP contribution in [-0.4, -0.2) is 5.11 Å². The van der Waals surface area contributed by atoms with E-state index in [2.05, 4.69) is 0 Å². The van der Waals surface area contributed by atoms with Crippen molar-refractivity contribution in [2.45, 2.75) is 25.1 Å². The molecule has 0 saturated heterocycles. The van der Waals surface area contributed by atoms with Crippen LogP contribution in [0.4, 0.5) is 17.6 Å². The molecule has 1 nitrogen and oxygen atoms in total. The number of hydrogen-bond donors (Lipinski definition) is 1. The molecule has 0 bridgehead atoms. The highest BCUT2D eigenvalue weighted by Gasteiger charge is 2.34. The van der Waals surface area contributed by atoms with E-state index in [1.807, 2.05) is 6.07 Å². The van der Waals surface area contributed by atoms with Crippen LogP contribution in [0.25, 0.3) is 0 Å². The van der Waals surface area contributed by atoms with Crippen molar-refractivity contribution in [2.75, 3.05) is 0 Å². The zero-order valence-corrected chi connectivity index (χ0v) is 11.1. The van der Waals surface area contributed by atoms with Gasteiger partial charge in [-0.25, -0.2) is 4.39 Å². The second kappa shape index (κ2) is 6.26. The number of rotatable bonds is 4. The monoisotopic (exact) mass is 298 g/mol. The lowest BCUT2D eigenvalue weighted by atomic mass is 10.00. The molecule has 1 atom stereocenters. The van der Waals surface area contributed by atoms with Crippen molar-refractivity contribution in [3.63, 3.8) is 0 Å². The Kier molecular flexibility index (Phi) is 4.63. The molecule has 0 aromatic heterocycles. The van der Waals surface area contributed by atoms with Crippen LogP contribution in [0.15, 0.2) is 48.5 Å². The number of aryl methyl sites for hydroxylation is 1. The van der Waals surface area contributed by atoms with E-state index in [1.165, 1.54) is 6.07 Å². The lowest BCUT2D eigenvalue weighted by Gasteiger charge is -2.13. The van der Waals surface area contributed by atoms with Gasteiger partial charge in [-0.3, -0.25) is 0 Å². The molecule has 0 saturated carbocycles. The molecular weight excluding hydrogens is 284 g/mol. The number of alkyl halides is 3. The van der Waals surface area contributed by atoms with Crippen LogP contribution in [0.1, 0.15) is 29.2 Å². The second-order valence-electron chi connectivity index (χ2n) is 4.78. The second-order valence-corrected chi connectivity index (χ2v) is 4.78. The Balaban J connectivity index is 2.07. The summed E-state index contributed by atoms with van der Waals surface area (Å²) in [6, 6.07) is 11.8. The van der Waals surface area contributed by atoms with Crippen LogP contribution < -0.4 is 0 Å². The maximum absolute atomic E-state index is 13.2. The predicted molar refractivity (Wildman–Crippen MR) is 71.1 cm³/mol. The Morgan fingerprint density at radius 3 is 2.29 bits per heavy atom. The highest BCUT2D eigenvalue weighted by Crippen LogP contribution is 2.32. The fraction of sp³-hybridized carbons (Fsp3) is 0.250. The van der Waals surface area contributed by atoms with Gasteiger partial charge in [0.15, 0.2) is 0 Å². The molecule has 2 aromatic rings. The van der Waals surface area contributed by atoms with E-state index in [1.54, 1.807) is 24.3 Å². The van der Waals surface area contributed by atoms with Crippen molar-refractivity contribution in [3.8, 4) is 0 Å². The van der Waals surface area contributed by atoms with Crippen LogP contribution in [-0.2, 0) is 12.6 Å². The van der Waals surface area contributed by atoms with E-state index in [0.29, 0.717) is 11.1 Å². The van der Waals surface area contributed by atoms with Crippen LogP contribution in [0.2, 0.25) is 0 Å². The van der Waals surface area contributed by atoms with Gasteiger partial charge in [0.25, 0.3) is 0 Å². The third-order valence-electron chi connectivity index (χ3n) is 3.23. The number of aliphatic hydroxyl groups is 1. The lowest BCUT2D eigenvalue weighted by Crippen LogP contribution is -2.09. The first-order valence-electron chi connectivity index (χ1n) is 6.46. The zero-order chi connectivity index (χ0) is 15.5. The quantitative estimate of drug-likeness (QED) is 0.823. The van der Waals surface area contributed by atoms with Crippen molar-refractivity contribution in [2.24, 2.45) is 0 Å². The van der Waals surface area contributed by atoms with Gasteiger partial charge in [0, 0.05) is 0 Å². The predicted octanol–water partition coefficient (Wildman–Crippen LogP) is 4.51. The molecule has 1 unspecified atom stereocenters. The summed E-state index contributed by atoms with van der Waals surface area (Å²) in [6.07, 6.45) is -4.96. The molecule has 0 aliphatic carbocycles. The number of hydrogen-bond acceptors (Lipinski definition) is 1. The van der Waals surface area contributed by atoms with Gasteiger partial charge >= 0.3 is 6.18 Å². The van der Waals surface area contributed by atoms with E-state index in [4.69, 9.17) is 0 Å². The SMILES string of the molecule is OC(CCc1ccc(F)c(C(F)(F)F)c1)c1ccccc1. The Morgan fingerprint density at radius 2 is 1.67 bits per heavy atom. The maximum Gasteiger partial charge on any atom is 0.419 e. The Hall–Kier alpha value is -1.88. The first kappa shape index (κ1) is 15.5. The fourth-order valence-electron chi connectivity index (χ4n) is 2.09.